The number of Topliss-reactive ketones (excluding diaryl/α,β-unsaturated/α-hetero) is 1. The molecule has 0 fully saturated rings. The first-order valence-electron chi connectivity index (χ1n) is 5.82. The summed E-state index contributed by atoms with van der Waals surface area (Å²) < 4.78 is 0. The van der Waals surface area contributed by atoms with Crippen LogP contribution in [0.15, 0.2) is 36.5 Å². The maximum absolute atomic E-state index is 12.0. The first kappa shape index (κ1) is 13.5. The fourth-order valence-corrected chi connectivity index (χ4v) is 1.70. The Morgan fingerprint density at radius 3 is 2.50 bits per heavy atom. The molecule has 20 heavy (non-hydrogen) atoms. The molecular formula is C14H12N2O4. The number of carbonyl (C=O) groups excluding carboxylic acids is 2. The number of H-pyrrole nitrogens is 1. The molecule has 3 N–H and O–H groups in total. The Bertz CT molecular complexity index is 688. The second-order valence-electron chi connectivity index (χ2n) is 4.16. The number of carboxylic acid groups (broad SMARTS) is 1. The minimum absolute atomic E-state index is 0.000743. The van der Waals surface area contributed by atoms with E-state index in [1.807, 2.05) is 0 Å². The number of aromatic carboxylic acids is 1. The van der Waals surface area contributed by atoms with Crippen molar-refractivity contribution >= 4 is 23.3 Å². The van der Waals surface area contributed by atoms with E-state index in [0.717, 1.165) is 0 Å². The average molecular weight is 272 g/mol. The number of hydrogen-bond donors (Lipinski definition) is 3. The summed E-state index contributed by atoms with van der Waals surface area (Å²) in [6.45, 7) is 1.39. The van der Waals surface area contributed by atoms with E-state index < -0.39 is 11.9 Å². The molecule has 0 aliphatic carbocycles. The largest absolute Gasteiger partial charge is 0.478 e. The van der Waals surface area contributed by atoms with Crippen molar-refractivity contribution in [3.8, 4) is 0 Å². The summed E-state index contributed by atoms with van der Waals surface area (Å²) in [4.78, 5) is 36.8. The molecule has 0 atom stereocenters. The van der Waals surface area contributed by atoms with Crippen LogP contribution in [0.4, 0.5) is 5.69 Å². The molecule has 0 saturated carbocycles. The third kappa shape index (κ3) is 2.74. The van der Waals surface area contributed by atoms with E-state index in [9.17, 15) is 14.4 Å². The lowest BCUT2D eigenvalue weighted by Crippen LogP contribution is -2.15. The number of hydrogen-bond acceptors (Lipinski definition) is 3. The molecule has 6 nitrogen and oxygen atoms in total. The summed E-state index contributed by atoms with van der Waals surface area (Å²) in [5.41, 5.74) is 0.778. The summed E-state index contributed by atoms with van der Waals surface area (Å²) in [6.07, 6.45) is 1.43. The maximum Gasteiger partial charge on any atom is 0.337 e. The molecule has 0 bridgehead atoms. The Labute approximate surface area is 114 Å². The smallest absolute Gasteiger partial charge is 0.337 e. The monoisotopic (exact) mass is 272 g/mol. The molecule has 0 aliphatic heterocycles. The van der Waals surface area contributed by atoms with Gasteiger partial charge in [-0.3, -0.25) is 9.59 Å². The molecule has 2 rings (SSSR count). The van der Waals surface area contributed by atoms with Crippen LogP contribution in [-0.4, -0.2) is 27.8 Å². The highest BCUT2D eigenvalue weighted by molar-refractivity contribution is 6.08. The van der Waals surface area contributed by atoms with Crippen LogP contribution in [0.5, 0.6) is 0 Å². The molecule has 0 radical (unpaired) electrons. The molecule has 1 aromatic heterocycles. The zero-order valence-corrected chi connectivity index (χ0v) is 10.6. The van der Waals surface area contributed by atoms with Crippen LogP contribution in [0.25, 0.3) is 0 Å². The van der Waals surface area contributed by atoms with Crippen LogP contribution < -0.4 is 5.32 Å². The van der Waals surface area contributed by atoms with Gasteiger partial charge in [-0.25, -0.2) is 4.79 Å². The highest BCUT2D eigenvalue weighted by Crippen LogP contribution is 2.16. The maximum atomic E-state index is 12.0. The Morgan fingerprint density at radius 1 is 1.20 bits per heavy atom. The highest BCUT2D eigenvalue weighted by Gasteiger charge is 2.14. The Balaban J connectivity index is 2.23. The molecule has 6 heteroatoms. The fourth-order valence-electron chi connectivity index (χ4n) is 1.70. The second kappa shape index (κ2) is 5.40. The number of anilines is 1. The van der Waals surface area contributed by atoms with E-state index >= 15 is 0 Å². The standard InChI is InChI=1S/C14H12N2O4/c1-8(17)9-6-12(15-7-9)13(18)16-11-5-3-2-4-10(11)14(19)20/h2-7,15H,1H3,(H,16,18)(H,19,20). The molecule has 102 valence electrons. The van der Waals surface area contributed by atoms with Gasteiger partial charge in [0.25, 0.3) is 5.91 Å². The number of benzene rings is 1. The number of para-hydroxylation sites is 1. The van der Waals surface area contributed by atoms with Gasteiger partial charge in [0, 0.05) is 11.8 Å². The van der Waals surface area contributed by atoms with Crippen molar-refractivity contribution in [2.75, 3.05) is 5.32 Å². The zero-order chi connectivity index (χ0) is 14.7. The summed E-state index contributed by atoms with van der Waals surface area (Å²) >= 11 is 0. The fraction of sp³-hybridized carbons (Fsp3) is 0.0714. The van der Waals surface area contributed by atoms with E-state index in [-0.39, 0.29) is 22.7 Å². The van der Waals surface area contributed by atoms with Crippen molar-refractivity contribution in [3.05, 3.63) is 53.3 Å². The lowest BCUT2D eigenvalue weighted by Gasteiger charge is -2.06. The third-order valence-electron chi connectivity index (χ3n) is 2.74. The quantitative estimate of drug-likeness (QED) is 0.742. The summed E-state index contributed by atoms with van der Waals surface area (Å²) in [5.74, 6) is -1.80. The van der Waals surface area contributed by atoms with Crippen LogP contribution in [0.3, 0.4) is 0 Å². The first-order valence-corrected chi connectivity index (χ1v) is 5.82. The Morgan fingerprint density at radius 2 is 1.90 bits per heavy atom. The van der Waals surface area contributed by atoms with Gasteiger partial charge in [-0.15, -0.1) is 0 Å². The first-order chi connectivity index (χ1) is 9.49. The molecule has 1 amide bonds. The van der Waals surface area contributed by atoms with Crippen LogP contribution in [0.1, 0.15) is 38.1 Å². The number of carbonyl (C=O) groups is 3. The predicted molar refractivity (Wildman–Crippen MR) is 72.2 cm³/mol. The minimum atomic E-state index is -1.13. The lowest BCUT2D eigenvalue weighted by molar-refractivity contribution is 0.0697. The number of carboxylic acids is 1. The molecule has 0 saturated heterocycles. The molecule has 0 unspecified atom stereocenters. The van der Waals surface area contributed by atoms with Gasteiger partial charge in [0.2, 0.25) is 0 Å². The van der Waals surface area contributed by atoms with Gasteiger partial charge < -0.3 is 15.4 Å². The van der Waals surface area contributed by atoms with E-state index in [1.165, 1.54) is 31.3 Å². The Kier molecular flexibility index (Phi) is 3.65. The van der Waals surface area contributed by atoms with E-state index in [0.29, 0.717) is 5.56 Å². The zero-order valence-electron chi connectivity index (χ0n) is 10.6. The number of ketones is 1. The van der Waals surface area contributed by atoms with Gasteiger partial charge in [-0.1, -0.05) is 12.1 Å². The second-order valence-corrected chi connectivity index (χ2v) is 4.16. The van der Waals surface area contributed by atoms with Gasteiger partial charge in [0.15, 0.2) is 5.78 Å². The third-order valence-corrected chi connectivity index (χ3v) is 2.74. The summed E-state index contributed by atoms with van der Waals surface area (Å²) in [5, 5.41) is 11.5. The van der Waals surface area contributed by atoms with Crippen LogP contribution in [0, 0.1) is 0 Å². The molecule has 0 aliphatic rings. The average Bonchev–Trinajstić information content (AvgIpc) is 2.89. The number of aromatic nitrogens is 1. The Hall–Kier alpha value is -2.89. The summed E-state index contributed by atoms with van der Waals surface area (Å²) in [7, 11) is 0. The van der Waals surface area contributed by atoms with Gasteiger partial charge in [-0.05, 0) is 25.1 Å². The topological polar surface area (TPSA) is 99.3 Å². The van der Waals surface area contributed by atoms with Crippen molar-refractivity contribution in [2.45, 2.75) is 6.92 Å². The number of nitrogens with one attached hydrogen (secondary N) is 2. The summed E-state index contributed by atoms with van der Waals surface area (Å²) in [6, 6.07) is 7.50. The van der Waals surface area contributed by atoms with Crippen molar-refractivity contribution in [1.29, 1.82) is 0 Å². The van der Waals surface area contributed by atoms with Crippen molar-refractivity contribution in [2.24, 2.45) is 0 Å². The van der Waals surface area contributed by atoms with Gasteiger partial charge in [-0.2, -0.15) is 0 Å². The van der Waals surface area contributed by atoms with Crippen LogP contribution in [0.2, 0.25) is 0 Å². The van der Waals surface area contributed by atoms with E-state index in [1.54, 1.807) is 12.1 Å². The van der Waals surface area contributed by atoms with Crippen molar-refractivity contribution < 1.29 is 19.5 Å². The van der Waals surface area contributed by atoms with Crippen molar-refractivity contribution in [3.63, 3.8) is 0 Å². The minimum Gasteiger partial charge on any atom is -0.478 e. The molecule has 0 spiro atoms. The molecule has 2 aromatic rings. The number of aromatic amines is 1. The predicted octanol–water partition coefficient (Wildman–Crippen LogP) is 2.17. The molecular weight excluding hydrogens is 260 g/mol. The molecule has 1 heterocycles. The lowest BCUT2D eigenvalue weighted by atomic mass is 10.1. The van der Waals surface area contributed by atoms with Crippen LogP contribution >= 0.6 is 0 Å². The normalized spacial score (nSPS) is 10.1. The van der Waals surface area contributed by atoms with Gasteiger partial charge in [0.1, 0.15) is 5.69 Å². The highest BCUT2D eigenvalue weighted by atomic mass is 16.4. The number of amides is 1. The van der Waals surface area contributed by atoms with Gasteiger partial charge >= 0.3 is 5.97 Å². The van der Waals surface area contributed by atoms with E-state index in [2.05, 4.69) is 10.3 Å². The van der Waals surface area contributed by atoms with Gasteiger partial charge in [0.05, 0.1) is 11.3 Å². The van der Waals surface area contributed by atoms with Crippen LogP contribution in [-0.2, 0) is 0 Å². The van der Waals surface area contributed by atoms with E-state index in [4.69, 9.17) is 5.11 Å². The molecule has 1 aromatic carbocycles. The van der Waals surface area contributed by atoms with Crippen molar-refractivity contribution in [1.82, 2.24) is 4.98 Å². The number of rotatable bonds is 4. The SMILES string of the molecule is CC(=O)c1c[nH]c(C(=O)Nc2ccccc2C(=O)O)c1.